The van der Waals surface area contributed by atoms with Crippen molar-refractivity contribution in [2.24, 2.45) is 11.0 Å². The van der Waals surface area contributed by atoms with Gasteiger partial charge in [0.25, 0.3) is 5.91 Å². The van der Waals surface area contributed by atoms with Crippen LogP contribution in [0.2, 0.25) is 15.1 Å². The number of nitrogens with one attached hydrogen (secondary N) is 1. The van der Waals surface area contributed by atoms with E-state index in [1.807, 2.05) is 0 Å². The molecule has 152 valence electrons. The van der Waals surface area contributed by atoms with Gasteiger partial charge in [-0.25, -0.2) is 0 Å². The van der Waals surface area contributed by atoms with Crippen molar-refractivity contribution >= 4 is 94.0 Å². The van der Waals surface area contributed by atoms with Gasteiger partial charge >= 0.3 is 0 Å². The van der Waals surface area contributed by atoms with Gasteiger partial charge in [-0.15, -0.1) is 27.7 Å². The fourth-order valence-electron chi connectivity index (χ4n) is 2.97. The Balaban J connectivity index is 1.82. The number of hydrazone groups is 1. The lowest BCUT2D eigenvalue weighted by molar-refractivity contribution is -0.117. The first-order valence-electron chi connectivity index (χ1n) is 7.97. The second-order valence-electron chi connectivity index (χ2n) is 6.22. The summed E-state index contributed by atoms with van der Waals surface area (Å²) in [6.45, 7) is 3.17. The lowest BCUT2D eigenvalue weighted by Gasteiger charge is -2.11. The summed E-state index contributed by atoms with van der Waals surface area (Å²) in [5, 5.41) is 6.93. The van der Waals surface area contributed by atoms with Crippen LogP contribution in [0.15, 0.2) is 41.5 Å². The van der Waals surface area contributed by atoms with Crippen LogP contribution in [0.5, 0.6) is 0 Å². The Hall–Kier alpha value is -1.21. The zero-order chi connectivity index (χ0) is 21.5. The highest BCUT2D eigenvalue weighted by molar-refractivity contribution is 6.53. The highest BCUT2D eigenvalue weighted by atomic mass is 35.5. The molecule has 1 aliphatic rings. The van der Waals surface area contributed by atoms with Crippen molar-refractivity contribution in [1.82, 2.24) is 4.53 Å². The molecule has 3 rings (SSSR count). The van der Waals surface area contributed by atoms with E-state index < -0.39 is 28.0 Å². The largest absolute Gasteiger partial charge is 0.326 e. The van der Waals surface area contributed by atoms with Crippen molar-refractivity contribution < 1.29 is 9.59 Å². The van der Waals surface area contributed by atoms with Gasteiger partial charge in [-0.05, 0) is 42.0 Å². The Labute approximate surface area is 196 Å². The number of carbonyl (C=O) groups excluding carboxylic acids is 2. The molecule has 0 aliphatic heterocycles. The van der Waals surface area contributed by atoms with Crippen molar-refractivity contribution in [1.29, 1.82) is 0 Å². The van der Waals surface area contributed by atoms with Gasteiger partial charge in [0.1, 0.15) is 4.33 Å². The molecule has 1 saturated carbocycles. The van der Waals surface area contributed by atoms with Gasteiger partial charge in [0.15, 0.2) is 0 Å². The molecule has 1 N–H and O–H groups in total. The van der Waals surface area contributed by atoms with Gasteiger partial charge in [-0.3, -0.25) is 9.59 Å². The van der Waals surface area contributed by atoms with Crippen LogP contribution in [-0.4, -0.2) is 27.4 Å². The van der Waals surface area contributed by atoms with Gasteiger partial charge in [0, 0.05) is 40.1 Å². The zero-order valence-corrected chi connectivity index (χ0v) is 18.8. The number of anilines is 1. The number of benzene rings is 2. The molecular weight excluding hydrogens is 503 g/mol. The molecule has 0 radical (unpaired) electrons. The molecule has 5 nitrogen and oxygen atoms in total. The van der Waals surface area contributed by atoms with Gasteiger partial charge in [-0.1, -0.05) is 34.8 Å². The highest BCUT2D eigenvalue weighted by Crippen LogP contribution is 2.65. The van der Waals surface area contributed by atoms with Gasteiger partial charge in [0.2, 0.25) is 5.91 Å². The molecule has 0 spiro atoms. The summed E-state index contributed by atoms with van der Waals surface area (Å²) in [6, 6.07) is 9.20. The van der Waals surface area contributed by atoms with E-state index in [1.54, 1.807) is 18.2 Å². The third-order valence-electron chi connectivity index (χ3n) is 4.34. The van der Waals surface area contributed by atoms with Gasteiger partial charge in [0.05, 0.1) is 16.5 Å². The SMILES string of the molecule is C=NN(Cl)C(=O)c1cc(NC(=O)C2C(c3cc(Cl)cc(Cl)c3)C2(Cl)Cl)ccc1Cl. The summed E-state index contributed by atoms with van der Waals surface area (Å²) in [5.74, 6) is -2.40. The number of halogens is 6. The minimum absolute atomic E-state index is 0.0313. The molecule has 2 atom stereocenters. The van der Waals surface area contributed by atoms with E-state index in [0.29, 0.717) is 25.8 Å². The topological polar surface area (TPSA) is 61.8 Å². The maximum absolute atomic E-state index is 12.8. The van der Waals surface area contributed by atoms with E-state index in [4.69, 9.17) is 69.8 Å². The third kappa shape index (κ3) is 4.61. The molecule has 2 aromatic carbocycles. The molecule has 29 heavy (non-hydrogen) atoms. The van der Waals surface area contributed by atoms with Gasteiger partial charge < -0.3 is 5.32 Å². The Morgan fingerprint density at radius 2 is 1.69 bits per heavy atom. The van der Waals surface area contributed by atoms with Crippen LogP contribution in [0.4, 0.5) is 5.69 Å². The first-order valence-corrected chi connectivity index (χ1v) is 10.2. The van der Waals surface area contributed by atoms with E-state index in [0.717, 1.165) is 0 Å². The van der Waals surface area contributed by atoms with E-state index in [2.05, 4.69) is 17.1 Å². The van der Waals surface area contributed by atoms with E-state index in [9.17, 15) is 9.59 Å². The monoisotopic (exact) mass is 511 g/mol. The summed E-state index contributed by atoms with van der Waals surface area (Å²) in [6.07, 6.45) is 0. The molecule has 0 heterocycles. The van der Waals surface area contributed by atoms with Crippen LogP contribution in [0.1, 0.15) is 21.8 Å². The molecule has 0 aromatic heterocycles. The Bertz CT molecular complexity index is 993. The van der Waals surface area contributed by atoms with E-state index in [1.165, 1.54) is 18.2 Å². The minimum atomic E-state index is -1.33. The number of carbonyl (C=O) groups is 2. The number of hydrogen-bond acceptors (Lipinski definition) is 3. The molecule has 2 amide bonds. The fourth-order valence-corrected chi connectivity index (χ4v) is 4.63. The van der Waals surface area contributed by atoms with Gasteiger partial charge in [-0.2, -0.15) is 5.10 Å². The Kier molecular flexibility index (Phi) is 6.59. The number of alkyl halides is 2. The number of hydrogen-bond donors (Lipinski definition) is 1. The standard InChI is InChI=1S/C18H11Cl6N3O2/c1-25-27(24)17(29)12-7-11(2-3-13(12)21)26-16(28)15-14(18(15,22)23)8-4-9(19)6-10(20)5-8/h2-7,14-15H,1H2,(H,26,28). The lowest BCUT2D eigenvalue weighted by Crippen LogP contribution is -2.19. The van der Waals surface area contributed by atoms with Crippen molar-refractivity contribution in [2.45, 2.75) is 10.3 Å². The Morgan fingerprint density at radius 1 is 1.07 bits per heavy atom. The summed E-state index contributed by atoms with van der Waals surface area (Å²) in [7, 11) is 0. The van der Waals surface area contributed by atoms with Crippen molar-refractivity contribution in [3.05, 3.63) is 62.6 Å². The van der Waals surface area contributed by atoms with Crippen LogP contribution < -0.4 is 5.32 Å². The van der Waals surface area contributed by atoms with Crippen LogP contribution in [-0.2, 0) is 4.79 Å². The maximum Gasteiger partial charge on any atom is 0.290 e. The maximum atomic E-state index is 12.8. The minimum Gasteiger partial charge on any atom is -0.326 e. The normalized spacial score (nSPS) is 19.4. The highest BCUT2D eigenvalue weighted by Gasteiger charge is 2.67. The Morgan fingerprint density at radius 3 is 2.28 bits per heavy atom. The summed E-state index contributed by atoms with van der Waals surface area (Å²) >= 11 is 36.4. The second-order valence-corrected chi connectivity index (χ2v) is 9.27. The van der Waals surface area contributed by atoms with Crippen LogP contribution in [0.25, 0.3) is 0 Å². The first-order chi connectivity index (χ1) is 13.6. The molecule has 11 heteroatoms. The fraction of sp³-hybridized carbons (Fsp3) is 0.167. The average molecular weight is 514 g/mol. The number of rotatable bonds is 5. The summed E-state index contributed by atoms with van der Waals surface area (Å²) in [4.78, 5) is 25.0. The lowest BCUT2D eigenvalue weighted by atomic mass is 10.1. The van der Waals surface area contributed by atoms with Crippen molar-refractivity contribution in [2.75, 3.05) is 5.32 Å². The predicted molar refractivity (Wildman–Crippen MR) is 119 cm³/mol. The average Bonchev–Trinajstić information content (AvgIpc) is 3.23. The van der Waals surface area contributed by atoms with Crippen LogP contribution >= 0.6 is 69.8 Å². The number of nitrogens with zero attached hydrogens (tertiary/aromatic N) is 2. The number of amides is 2. The van der Waals surface area contributed by atoms with E-state index >= 15 is 0 Å². The van der Waals surface area contributed by atoms with Crippen molar-refractivity contribution in [3.8, 4) is 0 Å². The molecule has 1 aliphatic carbocycles. The molecule has 0 saturated heterocycles. The third-order valence-corrected chi connectivity index (χ3v) is 6.30. The van der Waals surface area contributed by atoms with Crippen molar-refractivity contribution in [3.63, 3.8) is 0 Å². The molecular formula is C18H11Cl6N3O2. The quantitative estimate of drug-likeness (QED) is 0.218. The molecule has 0 bridgehead atoms. The molecule has 1 fully saturated rings. The summed E-state index contributed by atoms with van der Waals surface area (Å²) in [5.41, 5.74) is 0.981. The second kappa shape index (κ2) is 8.50. The smallest absolute Gasteiger partial charge is 0.290 e. The molecule has 2 aromatic rings. The predicted octanol–water partition coefficient (Wildman–Crippen LogP) is 6.38. The summed E-state index contributed by atoms with van der Waals surface area (Å²) < 4.78 is -0.821. The molecule has 2 unspecified atom stereocenters. The first kappa shape index (κ1) is 22.5. The zero-order valence-electron chi connectivity index (χ0n) is 14.3. The van der Waals surface area contributed by atoms with Crippen LogP contribution in [0, 0.1) is 5.92 Å². The van der Waals surface area contributed by atoms with E-state index in [-0.39, 0.29) is 10.6 Å². The van der Waals surface area contributed by atoms with Crippen LogP contribution in [0.3, 0.4) is 0 Å².